The number of piperidine rings is 1. The fourth-order valence-electron chi connectivity index (χ4n) is 2.09. The molecule has 0 spiro atoms. The number of urea groups is 1. The molecule has 0 aromatic heterocycles. The summed E-state index contributed by atoms with van der Waals surface area (Å²) in [4.78, 5) is 24.3. The molecule has 6 heteroatoms. The van der Waals surface area contributed by atoms with Crippen LogP contribution >= 0.6 is 0 Å². The molecule has 0 bridgehead atoms. The molecular weight excluding hydrogens is 234 g/mol. The Morgan fingerprint density at radius 1 is 1.39 bits per heavy atom. The van der Waals surface area contributed by atoms with E-state index in [1.807, 2.05) is 0 Å². The SMILES string of the molecule is CC(CC(=O)O)NC(=O)NCC1CCN(C)CC1. The fraction of sp³-hybridized carbons (Fsp3) is 0.833. The van der Waals surface area contributed by atoms with Crippen LogP contribution in [0.5, 0.6) is 0 Å². The monoisotopic (exact) mass is 257 g/mol. The van der Waals surface area contributed by atoms with E-state index >= 15 is 0 Å². The predicted octanol–water partition coefficient (Wildman–Crippen LogP) is 0.491. The molecule has 1 unspecified atom stereocenters. The van der Waals surface area contributed by atoms with Crippen LogP contribution in [0.25, 0.3) is 0 Å². The summed E-state index contributed by atoms with van der Waals surface area (Å²) in [5, 5.41) is 14.0. The molecule has 6 nitrogen and oxygen atoms in total. The molecule has 1 fully saturated rings. The second-order valence-electron chi connectivity index (χ2n) is 5.10. The Kier molecular flexibility index (Phi) is 5.91. The molecule has 0 saturated carbocycles. The van der Waals surface area contributed by atoms with Gasteiger partial charge in [-0.2, -0.15) is 0 Å². The first-order chi connectivity index (χ1) is 8.47. The highest BCUT2D eigenvalue weighted by Gasteiger charge is 2.17. The van der Waals surface area contributed by atoms with Crippen molar-refractivity contribution in [2.75, 3.05) is 26.7 Å². The van der Waals surface area contributed by atoms with Crippen LogP contribution < -0.4 is 10.6 Å². The van der Waals surface area contributed by atoms with Crippen LogP contribution in [0, 0.1) is 5.92 Å². The van der Waals surface area contributed by atoms with E-state index in [9.17, 15) is 9.59 Å². The van der Waals surface area contributed by atoms with Crippen molar-refractivity contribution in [2.45, 2.75) is 32.2 Å². The molecule has 1 atom stereocenters. The summed E-state index contributed by atoms with van der Waals surface area (Å²) in [6.45, 7) is 4.50. The van der Waals surface area contributed by atoms with E-state index in [1.54, 1.807) is 6.92 Å². The quantitative estimate of drug-likeness (QED) is 0.669. The number of carbonyl (C=O) groups is 2. The van der Waals surface area contributed by atoms with Gasteiger partial charge in [0.1, 0.15) is 0 Å². The molecular formula is C12H23N3O3. The molecule has 1 saturated heterocycles. The van der Waals surface area contributed by atoms with Crippen molar-refractivity contribution in [2.24, 2.45) is 5.92 Å². The van der Waals surface area contributed by atoms with Gasteiger partial charge in [0.25, 0.3) is 0 Å². The van der Waals surface area contributed by atoms with Gasteiger partial charge in [-0.25, -0.2) is 4.79 Å². The predicted molar refractivity (Wildman–Crippen MR) is 68.5 cm³/mol. The minimum absolute atomic E-state index is 0.0539. The van der Waals surface area contributed by atoms with Gasteiger partial charge in [-0.3, -0.25) is 4.79 Å². The van der Waals surface area contributed by atoms with Gasteiger partial charge in [0.2, 0.25) is 0 Å². The van der Waals surface area contributed by atoms with Crippen molar-refractivity contribution in [3.63, 3.8) is 0 Å². The Morgan fingerprint density at radius 2 is 2.00 bits per heavy atom. The molecule has 0 aromatic rings. The van der Waals surface area contributed by atoms with Gasteiger partial charge in [0.05, 0.1) is 6.42 Å². The Balaban J connectivity index is 2.15. The molecule has 104 valence electrons. The Morgan fingerprint density at radius 3 is 2.56 bits per heavy atom. The number of likely N-dealkylation sites (tertiary alicyclic amines) is 1. The highest BCUT2D eigenvalue weighted by molar-refractivity contribution is 5.75. The summed E-state index contributed by atoms with van der Waals surface area (Å²) >= 11 is 0. The Bertz CT molecular complexity index is 288. The van der Waals surface area contributed by atoms with Crippen molar-refractivity contribution in [3.05, 3.63) is 0 Å². The van der Waals surface area contributed by atoms with E-state index in [1.165, 1.54) is 0 Å². The normalized spacial score (nSPS) is 19.2. The minimum Gasteiger partial charge on any atom is -0.481 e. The van der Waals surface area contributed by atoms with E-state index in [-0.39, 0.29) is 18.5 Å². The second kappa shape index (κ2) is 7.20. The maximum Gasteiger partial charge on any atom is 0.315 e. The van der Waals surface area contributed by atoms with E-state index < -0.39 is 5.97 Å². The van der Waals surface area contributed by atoms with Crippen LogP contribution in [-0.4, -0.2) is 54.7 Å². The molecule has 1 aliphatic heterocycles. The van der Waals surface area contributed by atoms with Crippen LogP contribution in [0.4, 0.5) is 4.79 Å². The van der Waals surface area contributed by atoms with Crippen LogP contribution in [-0.2, 0) is 4.79 Å². The number of nitrogens with one attached hydrogen (secondary N) is 2. The number of hydrogen-bond acceptors (Lipinski definition) is 3. The fourth-order valence-corrected chi connectivity index (χ4v) is 2.09. The summed E-state index contributed by atoms with van der Waals surface area (Å²) in [5.41, 5.74) is 0. The lowest BCUT2D eigenvalue weighted by Gasteiger charge is -2.29. The number of rotatable bonds is 5. The number of aliphatic carboxylic acids is 1. The minimum atomic E-state index is -0.905. The summed E-state index contributed by atoms with van der Waals surface area (Å²) in [6, 6.07) is -0.623. The standard InChI is InChI=1S/C12H23N3O3/c1-9(7-11(16)17)14-12(18)13-8-10-3-5-15(2)6-4-10/h9-10H,3-8H2,1-2H3,(H,16,17)(H2,13,14,18). The van der Waals surface area contributed by atoms with Gasteiger partial charge < -0.3 is 20.6 Å². The number of carboxylic acids is 1. The number of amides is 2. The second-order valence-corrected chi connectivity index (χ2v) is 5.10. The molecule has 1 heterocycles. The van der Waals surface area contributed by atoms with E-state index in [2.05, 4.69) is 22.6 Å². The number of hydrogen-bond donors (Lipinski definition) is 3. The summed E-state index contributed by atoms with van der Waals surface area (Å²) < 4.78 is 0. The van der Waals surface area contributed by atoms with Crippen LogP contribution in [0.1, 0.15) is 26.2 Å². The number of nitrogens with zero attached hydrogens (tertiary/aromatic N) is 1. The third kappa shape index (κ3) is 5.86. The Labute approximate surface area is 108 Å². The molecule has 1 aliphatic rings. The molecule has 0 aromatic carbocycles. The average molecular weight is 257 g/mol. The van der Waals surface area contributed by atoms with Crippen molar-refractivity contribution in [1.82, 2.24) is 15.5 Å². The Hall–Kier alpha value is -1.30. The zero-order valence-electron chi connectivity index (χ0n) is 11.1. The maximum atomic E-state index is 11.5. The highest BCUT2D eigenvalue weighted by Crippen LogP contribution is 2.14. The van der Waals surface area contributed by atoms with Crippen LogP contribution in [0.2, 0.25) is 0 Å². The van der Waals surface area contributed by atoms with E-state index in [0.717, 1.165) is 25.9 Å². The number of carboxylic acid groups (broad SMARTS) is 1. The largest absolute Gasteiger partial charge is 0.481 e. The van der Waals surface area contributed by atoms with Gasteiger partial charge in [-0.05, 0) is 45.8 Å². The van der Waals surface area contributed by atoms with Crippen molar-refractivity contribution >= 4 is 12.0 Å². The first-order valence-corrected chi connectivity index (χ1v) is 6.42. The first kappa shape index (κ1) is 14.8. The van der Waals surface area contributed by atoms with Gasteiger partial charge in [0.15, 0.2) is 0 Å². The lowest BCUT2D eigenvalue weighted by Crippen LogP contribution is -2.44. The molecule has 2 amide bonds. The summed E-state index contributed by atoms with van der Waals surface area (Å²) in [6.07, 6.45) is 2.14. The molecule has 0 aliphatic carbocycles. The zero-order valence-corrected chi connectivity index (χ0v) is 11.1. The van der Waals surface area contributed by atoms with Crippen molar-refractivity contribution in [1.29, 1.82) is 0 Å². The van der Waals surface area contributed by atoms with E-state index in [0.29, 0.717) is 12.5 Å². The van der Waals surface area contributed by atoms with E-state index in [4.69, 9.17) is 5.11 Å². The van der Waals surface area contributed by atoms with Crippen molar-refractivity contribution in [3.8, 4) is 0 Å². The first-order valence-electron chi connectivity index (χ1n) is 6.42. The maximum absolute atomic E-state index is 11.5. The smallest absolute Gasteiger partial charge is 0.315 e. The molecule has 18 heavy (non-hydrogen) atoms. The van der Waals surface area contributed by atoms with Gasteiger partial charge in [0, 0.05) is 12.6 Å². The zero-order chi connectivity index (χ0) is 13.5. The third-order valence-electron chi connectivity index (χ3n) is 3.25. The van der Waals surface area contributed by atoms with Gasteiger partial charge in [-0.15, -0.1) is 0 Å². The van der Waals surface area contributed by atoms with Crippen molar-refractivity contribution < 1.29 is 14.7 Å². The summed E-state index contributed by atoms with van der Waals surface area (Å²) in [5.74, 6) is -0.375. The summed E-state index contributed by atoms with van der Waals surface area (Å²) in [7, 11) is 2.10. The molecule has 1 rings (SSSR count). The average Bonchev–Trinajstić information content (AvgIpc) is 2.27. The number of carbonyl (C=O) groups excluding carboxylic acids is 1. The lowest BCUT2D eigenvalue weighted by atomic mass is 9.97. The highest BCUT2D eigenvalue weighted by atomic mass is 16.4. The molecule has 0 radical (unpaired) electrons. The topological polar surface area (TPSA) is 81.7 Å². The van der Waals surface area contributed by atoms with Crippen LogP contribution in [0.3, 0.4) is 0 Å². The van der Waals surface area contributed by atoms with Crippen LogP contribution in [0.15, 0.2) is 0 Å². The van der Waals surface area contributed by atoms with Gasteiger partial charge >= 0.3 is 12.0 Å². The third-order valence-corrected chi connectivity index (χ3v) is 3.25. The molecule has 3 N–H and O–H groups in total. The lowest BCUT2D eigenvalue weighted by molar-refractivity contribution is -0.137. The van der Waals surface area contributed by atoms with Gasteiger partial charge in [-0.1, -0.05) is 0 Å².